The van der Waals surface area contributed by atoms with E-state index in [2.05, 4.69) is 10.2 Å². The zero-order valence-electron chi connectivity index (χ0n) is 13.4. The molecule has 1 saturated heterocycles. The highest BCUT2D eigenvalue weighted by Crippen LogP contribution is 2.26. The van der Waals surface area contributed by atoms with Crippen molar-refractivity contribution in [3.8, 4) is 0 Å². The number of sulfone groups is 1. The minimum absolute atomic E-state index is 0.0106. The van der Waals surface area contributed by atoms with Crippen molar-refractivity contribution in [2.45, 2.75) is 28.1 Å². The van der Waals surface area contributed by atoms with Crippen LogP contribution in [0.4, 0.5) is 4.39 Å². The molecule has 0 aliphatic carbocycles. The zero-order chi connectivity index (χ0) is 18.2. The Morgan fingerprint density at radius 1 is 1.08 bits per heavy atom. The molecule has 0 saturated carbocycles. The third-order valence-corrected chi connectivity index (χ3v) is 8.36. The monoisotopic (exact) mass is 388 g/mol. The molecule has 136 valence electrons. The summed E-state index contributed by atoms with van der Waals surface area (Å²) in [6.45, 7) is 0.142. The van der Waals surface area contributed by atoms with Gasteiger partial charge in [0.2, 0.25) is 25.0 Å². The van der Waals surface area contributed by atoms with Gasteiger partial charge in [0, 0.05) is 20.1 Å². The van der Waals surface area contributed by atoms with Crippen LogP contribution in [0.2, 0.25) is 0 Å². The summed E-state index contributed by atoms with van der Waals surface area (Å²) in [6, 6.07) is 4.57. The predicted molar refractivity (Wildman–Crippen MR) is 86.4 cm³/mol. The van der Waals surface area contributed by atoms with Gasteiger partial charge in [-0.05, 0) is 37.1 Å². The fraction of sp³-hybridized carbons (Fsp3) is 0.429. The molecule has 8 nitrogen and oxygen atoms in total. The van der Waals surface area contributed by atoms with Crippen molar-refractivity contribution >= 4 is 19.9 Å². The number of nitrogens with zero attached hydrogens (tertiary/aromatic N) is 4. The Labute approximate surface area is 145 Å². The highest BCUT2D eigenvalue weighted by molar-refractivity contribution is 7.92. The Morgan fingerprint density at radius 2 is 1.68 bits per heavy atom. The second-order valence-corrected chi connectivity index (χ2v) is 9.89. The van der Waals surface area contributed by atoms with E-state index in [4.69, 9.17) is 0 Å². The van der Waals surface area contributed by atoms with Crippen LogP contribution in [-0.2, 0) is 26.9 Å². The molecule has 0 atom stereocenters. The lowest BCUT2D eigenvalue weighted by molar-refractivity contribution is 0.344. The van der Waals surface area contributed by atoms with Crippen LogP contribution in [0.5, 0.6) is 0 Å². The topological polar surface area (TPSA) is 102 Å². The van der Waals surface area contributed by atoms with Crippen molar-refractivity contribution in [3.05, 3.63) is 36.4 Å². The SMILES string of the molecule is Cn1cnnc1S(=O)(=O)C1CCN(S(=O)(=O)c2ccc(F)cc2)CC1. The molecule has 0 unspecified atom stereocenters. The van der Waals surface area contributed by atoms with Gasteiger partial charge in [-0.3, -0.25) is 0 Å². The first-order valence-corrected chi connectivity index (χ1v) is 10.5. The van der Waals surface area contributed by atoms with Crippen molar-refractivity contribution in [2.75, 3.05) is 13.1 Å². The number of piperidine rings is 1. The van der Waals surface area contributed by atoms with Gasteiger partial charge in [0.05, 0.1) is 10.1 Å². The maximum absolute atomic E-state index is 13.0. The second-order valence-electron chi connectivity index (χ2n) is 5.83. The molecule has 2 aromatic rings. The van der Waals surface area contributed by atoms with Crippen LogP contribution in [0.25, 0.3) is 0 Å². The lowest BCUT2D eigenvalue weighted by atomic mass is 10.2. The van der Waals surface area contributed by atoms with E-state index >= 15 is 0 Å². The molecule has 25 heavy (non-hydrogen) atoms. The lowest BCUT2D eigenvalue weighted by Gasteiger charge is -2.30. The van der Waals surface area contributed by atoms with Crippen molar-refractivity contribution in [1.29, 1.82) is 0 Å². The molecule has 1 fully saturated rings. The molecule has 1 aliphatic heterocycles. The third-order valence-electron chi connectivity index (χ3n) is 4.22. The van der Waals surface area contributed by atoms with Gasteiger partial charge in [-0.15, -0.1) is 10.2 Å². The quantitative estimate of drug-likeness (QED) is 0.759. The Balaban J connectivity index is 1.76. The molecule has 3 rings (SSSR count). The number of sulfonamides is 1. The maximum atomic E-state index is 13.0. The van der Waals surface area contributed by atoms with Crippen LogP contribution in [-0.4, -0.2) is 54.2 Å². The first kappa shape index (κ1) is 18.0. The zero-order valence-corrected chi connectivity index (χ0v) is 15.0. The summed E-state index contributed by atoms with van der Waals surface area (Å²) in [6.07, 6.45) is 1.63. The molecule has 2 heterocycles. The molecule has 1 aromatic carbocycles. The number of aryl methyl sites for hydroxylation is 1. The molecule has 0 bridgehead atoms. The standard InChI is InChI=1S/C14H17FN4O4S2/c1-18-10-16-17-14(18)24(20,21)12-6-8-19(9-7-12)25(22,23)13-4-2-11(15)3-5-13/h2-5,10,12H,6-9H2,1H3. The van der Waals surface area contributed by atoms with E-state index in [9.17, 15) is 21.2 Å². The molecule has 1 aromatic heterocycles. The molecule has 0 radical (unpaired) electrons. The highest BCUT2D eigenvalue weighted by Gasteiger charge is 2.37. The van der Waals surface area contributed by atoms with Crippen molar-refractivity contribution in [2.24, 2.45) is 7.05 Å². The van der Waals surface area contributed by atoms with Gasteiger partial charge in [-0.2, -0.15) is 4.31 Å². The fourth-order valence-corrected chi connectivity index (χ4v) is 6.03. The van der Waals surface area contributed by atoms with Gasteiger partial charge < -0.3 is 4.57 Å². The van der Waals surface area contributed by atoms with Crippen LogP contribution in [0.1, 0.15) is 12.8 Å². The summed E-state index contributed by atoms with van der Waals surface area (Å²) < 4.78 is 65.9. The minimum Gasteiger partial charge on any atom is -0.308 e. The van der Waals surface area contributed by atoms with E-state index in [-0.39, 0.29) is 36.0 Å². The van der Waals surface area contributed by atoms with E-state index in [0.717, 1.165) is 12.1 Å². The van der Waals surface area contributed by atoms with Gasteiger partial charge in [-0.1, -0.05) is 0 Å². The van der Waals surface area contributed by atoms with Gasteiger partial charge >= 0.3 is 0 Å². The van der Waals surface area contributed by atoms with Crippen LogP contribution in [0.3, 0.4) is 0 Å². The molecule has 11 heteroatoms. The van der Waals surface area contributed by atoms with Crippen LogP contribution in [0.15, 0.2) is 40.6 Å². The van der Waals surface area contributed by atoms with Gasteiger partial charge in [0.25, 0.3) is 0 Å². The van der Waals surface area contributed by atoms with Crippen LogP contribution < -0.4 is 0 Å². The van der Waals surface area contributed by atoms with Crippen molar-refractivity contribution in [1.82, 2.24) is 19.1 Å². The van der Waals surface area contributed by atoms with E-state index in [1.54, 1.807) is 7.05 Å². The molecule has 0 amide bonds. The first-order valence-electron chi connectivity index (χ1n) is 7.56. The van der Waals surface area contributed by atoms with Gasteiger partial charge in [0.15, 0.2) is 0 Å². The summed E-state index contributed by atoms with van der Waals surface area (Å²) in [5, 5.41) is 6.39. The van der Waals surface area contributed by atoms with E-state index in [1.165, 1.54) is 27.3 Å². The molecular formula is C14H17FN4O4S2. The van der Waals surface area contributed by atoms with Crippen molar-refractivity contribution in [3.63, 3.8) is 0 Å². The third kappa shape index (κ3) is 3.31. The first-order chi connectivity index (χ1) is 11.7. The number of halogens is 1. The number of benzene rings is 1. The van der Waals surface area contributed by atoms with E-state index in [0.29, 0.717) is 0 Å². The average molecular weight is 388 g/mol. The Hall–Kier alpha value is -1.85. The largest absolute Gasteiger partial charge is 0.308 e. The normalized spacial score (nSPS) is 17.7. The van der Waals surface area contributed by atoms with Crippen LogP contribution in [0, 0.1) is 5.82 Å². The molecule has 0 spiro atoms. The predicted octanol–water partition coefficient (Wildman–Crippen LogP) is 0.581. The summed E-state index contributed by atoms with van der Waals surface area (Å²) in [7, 11) is -5.90. The highest BCUT2D eigenvalue weighted by atomic mass is 32.2. The van der Waals surface area contributed by atoms with Gasteiger partial charge in [-0.25, -0.2) is 21.2 Å². The summed E-state index contributed by atoms with van der Waals surface area (Å²) >= 11 is 0. The fourth-order valence-electron chi connectivity index (χ4n) is 2.82. The Bertz CT molecular complexity index is 963. The Kier molecular flexibility index (Phi) is 4.64. The average Bonchev–Trinajstić information content (AvgIpc) is 3.02. The van der Waals surface area contributed by atoms with Gasteiger partial charge in [0.1, 0.15) is 12.1 Å². The minimum atomic E-state index is -3.77. The molecular weight excluding hydrogens is 371 g/mol. The Morgan fingerprint density at radius 3 is 2.20 bits per heavy atom. The summed E-state index contributed by atoms with van der Waals surface area (Å²) in [5.41, 5.74) is 0. The lowest BCUT2D eigenvalue weighted by Crippen LogP contribution is -2.42. The maximum Gasteiger partial charge on any atom is 0.249 e. The van der Waals surface area contributed by atoms with E-state index < -0.39 is 30.9 Å². The molecule has 0 N–H and O–H groups in total. The number of hydrogen-bond acceptors (Lipinski definition) is 6. The number of hydrogen-bond donors (Lipinski definition) is 0. The number of rotatable bonds is 4. The smallest absolute Gasteiger partial charge is 0.249 e. The second kappa shape index (κ2) is 6.46. The number of aromatic nitrogens is 3. The van der Waals surface area contributed by atoms with Crippen LogP contribution >= 0.6 is 0 Å². The molecule has 1 aliphatic rings. The van der Waals surface area contributed by atoms with E-state index in [1.807, 2.05) is 0 Å². The summed E-state index contributed by atoms with van der Waals surface area (Å²) in [4.78, 5) is -0.0106. The summed E-state index contributed by atoms with van der Waals surface area (Å²) in [5.74, 6) is -0.521. The van der Waals surface area contributed by atoms with Crippen molar-refractivity contribution < 1.29 is 21.2 Å².